The third kappa shape index (κ3) is 2.76. The third-order valence-electron chi connectivity index (χ3n) is 5.60. The third-order valence-corrected chi connectivity index (χ3v) is 7.97. The number of likely N-dealkylation sites (tertiary alicyclic amines) is 1. The zero-order chi connectivity index (χ0) is 18.7. The van der Waals surface area contributed by atoms with E-state index in [2.05, 4.69) is 19.0 Å². The molecule has 0 unspecified atom stereocenters. The molecule has 0 aromatic carbocycles. The molecular weight excluding hydrogens is 358 g/mol. The summed E-state index contributed by atoms with van der Waals surface area (Å²) < 4.78 is 38.7. The second-order valence-corrected chi connectivity index (χ2v) is 10.2. The molecule has 1 aromatic heterocycles. The quantitative estimate of drug-likeness (QED) is 0.771. The van der Waals surface area contributed by atoms with Crippen molar-refractivity contribution in [1.82, 2.24) is 14.4 Å². The van der Waals surface area contributed by atoms with Crippen molar-refractivity contribution in [2.24, 2.45) is 5.92 Å². The fourth-order valence-corrected chi connectivity index (χ4v) is 6.66. The number of carbonyl (C=O) groups excluding carboxylic acids is 1. The van der Waals surface area contributed by atoms with Crippen molar-refractivity contribution in [2.45, 2.75) is 50.6 Å². The van der Waals surface area contributed by atoms with Crippen molar-refractivity contribution < 1.29 is 22.5 Å². The lowest BCUT2D eigenvalue weighted by molar-refractivity contribution is -0.0979. The smallest absolute Gasteiger partial charge is 0.276 e. The van der Waals surface area contributed by atoms with E-state index in [1.807, 2.05) is 0 Å². The van der Waals surface area contributed by atoms with Gasteiger partial charge in [0.1, 0.15) is 16.6 Å². The number of morpholine rings is 1. The number of aromatic nitrogens is 1. The average molecular weight is 383 g/mol. The molecule has 9 heteroatoms. The maximum atomic E-state index is 13.0. The molecule has 0 saturated carbocycles. The predicted octanol–water partition coefficient (Wildman–Crippen LogP) is 1.03. The van der Waals surface area contributed by atoms with Crippen molar-refractivity contribution >= 4 is 15.9 Å². The van der Waals surface area contributed by atoms with Gasteiger partial charge in [0.05, 0.1) is 12.6 Å². The highest BCUT2D eigenvalue weighted by atomic mass is 32.2. The van der Waals surface area contributed by atoms with Crippen molar-refractivity contribution in [1.29, 1.82) is 0 Å². The van der Waals surface area contributed by atoms with Gasteiger partial charge in [0.2, 0.25) is 10.0 Å². The lowest BCUT2D eigenvalue weighted by Gasteiger charge is -2.39. The van der Waals surface area contributed by atoms with E-state index in [4.69, 9.17) is 9.26 Å². The number of hydrogen-bond donors (Lipinski definition) is 0. The van der Waals surface area contributed by atoms with Crippen LogP contribution in [0.1, 0.15) is 42.9 Å². The van der Waals surface area contributed by atoms with Crippen molar-refractivity contribution in [2.75, 3.05) is 26.2 Å². The van der Waals surface area contributed by atoms with Gasteiger partial charge in [0, 0.05) is 25.7 Å². The average Bonchev–Trinajstić information content (AvgIpc) is 3.16. The largest absolute Gasteiger partial charge is 0.365 e. The van der Waals surface area contributed by atoms with Crippen LogP contribution in [0.25, 0.3) is 0 Å². The minimum absolute atomic E-state index is 0.229. The highest BCUT2D eigenvalue weighted by Crippen LogP contribution is 2.46. The normalized spacial score (nSPS) is 33.0. The van der Waals surface area contributed by atoms with Crippen LogP contribution < -0.4 is 0 Å². The van der Waals surface area contributed by atoms with Gasteiger partial charge in [-0.2, -0.15) is 4.31 Å². The summed E-state index contributed by atoms with van der Waals surface area (Å²) in [5.74, 6) is 0.772. The van der Waals surface area contributed by atoms with Gasteiger partial charge in [-0.15, -0.1) is 0 Å². The minimum atomic E-state index is -3.40. The number of sulfonamides is 1. The predicted molar refractivity (Wildman–Crippen MR) is 93.1 cm³/mol. The van der Waals surface area contributed by atoms with Gasteiger partial charge in [-0.05, 0) is 25.7 Å². The van der Waals surface area contributed by atoms with Crippen LogP contribution in [0.2, 0.25) is 0 Å². The Morgan fingerprint density at radius 3 is 2.85 bits per heavy atom. The van der Waals surface area contributed by atoms with Crippen LogP contribution in [0.5, 0.6) is 0 Å². The summed E-state index contributed by atoms with van der Waals surface area (Å²) in [5, 5.41) is 3.24. The first-order chi connectivity index (χ1) is 12.2. The van der Waals surface area contributed by atoms with Crippen molar-refractivity contribution in [3.8, 4) is 0 Å². The zero-order valence-electron chi connectivity index (χ0n) is 15.3. The number of amides is 1. The van der Waals surface area contributed by atoms with Crippen LogP contribution in [-0.2, 0) is 14.8 Å². The van der Waals surface area contributed by atoms with Crippen LogP contribution in [0.15, 0.2) is 10.6 Å². The molecule has 3 aliphatic heterocycles. The molecule has 4 heterocycles. The molecule has 26 heavy (non-hydrogen) atoms. The molecule has 8 nitrogen and oxygen atoms in total. The Labute approximate surface area is 153 Å². The summed E-state index contributed by atoms with van der Waals surface area (Å²) >= 11 is 0. The minimum Gasteiger partial charge on any atom is -0.365 e. The molecule has 3 aliphatic rings. The molecule has 1 aromatic rings. The highest BCUT2D eigenvalue weighted by molar-refractivity contribution is 7.90. The lowest BCUT2D eigenvalue weighted by atomic mass is 9.99. The van der Waals surface area contributed by atoms with E-state index in [0.717, 1.165) is 6.42 Å². The van der Waals surface area contributed by atoms with Gasteiger partial charge in [0.25, 0.3) is 5.91 Å². The summed E-state index contributed by atoms with van der Waals surface area (Å²) in [5.41, 5.74) is -0.568. The van der Waals surface area contributed by atoms with Crippen LogP contribution in [0.3, 0.4) is 0 Å². The number of rotatable bonds is 4. The van der Waals surface area contributed by atoms with E-state index in [1.54, 1.807) is 22.2 Å². The van der Waals surface area contributed by atoms with E-state index >= 15 is 0 Å². The second kappa shape index (κ2) is 6.03. The van der Waals surface area contributed by atoms with Crippen LogP contribution >= 0.6 is 0 Å². The van der Waals surface area contributed by atoms with Crippen LogP contribution in [-0.4, -0.2) is 71.8 Å². The molecule has 1 amide bonds. The fraction of sp³-hybridized carbons (Fsp3) is 0.765. The molecule has 0 radical (unpaired) electrons. The number of aryl methyl sites for hydroxylation is 1. The molecule has 0 N–H and O–H groups in total. The molecule has 4 rings (SSSR count). The maximum Gasteiger partial charge on any atom is 0.276 e. The molecule has 2 bridgehead atoms. The molecule has 0 aliphatic carbocycles. The lowest BCUT2D eigenvalue weighted by Crippen LogP contribution is -2.56. The highest BCUT2D eigenvalue weighted by Gasteiger charge is 2.65. The summed E-state index contributed by atoms with van der Waals surface area (Å²) in [7, 11) is -3.40. The van der Waals surface area contributed by atoms with Crippen LogP contribution in [0, 0.1) is 12.8 Å². The van der Waals surface area contributed by atoms with E-state index in [9.17, 15) is 13.2 Å². The summed E-state index contributed by atoms with van der Waals surface area (Å²) in [6, 6.07) is 1.61. The summed E-state index contributed by atoms with van der Waals surface area (Å²) in [6.07, 6.45) is 1.02. The van der Waals surface area contributed by atoms with Gasteiger partial charge < -0.3 is 14.2 Å². The van der Waals surface area contributed by atoms with E-state index in [0.29, 0.717) is 37.7 Å². The van der Waals surface area contributed by atoms with Gasteiger partial charge in [-0.1, -0.05) is 19.0 Å². The van der Waals surface area contributed by atoms with E-state index < -0.39 is 20.9 Å². The summed E-state index contributed by atoms with van der Waals surface area (Å²) in [6.45, 7) is 7.39. The number of nitrogens with zero attached hydrogens (tertiary/aromatic N) is 3. The van der Waals surface area contributed by atoms with Gasteiger partial charge >= 0.3 is 0 Å². The van der Waals surface area contributed by atoms with Crippen molar-refractivity contribution in [3.63, 3.8) is 0 Å². The SMILES string of the molecule is Cc1cc(C(=O)N2C[C@@H]3C[C@@H]4[C@@](C2)(CN(CCC(C)C)S4(=O)=O)O3)no1. The maximum absolute atomic E-state index is 13.0. The Hall–Kier alpha value is -1.45. The Balaban J connectivity index is 1.57. The van der Waals surface area contributed by atoms with Gasteiger partial charge in [-0.3, -0.25) is 4.79 Å². The van der Waals surface area contributed by atoms with Crippen LogP contribution in [0.4, 0.5) is 0 Å². The van der Waals surface area contributed by atoms with Gasteiger partial charge in [0.15, 0.2) is 5.69 Å². The molecular formula is C17H25N3O5S. The molecule has 144 valence electrons. The topological polar surface area (TPSA) is 93.0 Å². The molecule has 3 fully saturated rings. The molecule has 3 saturated heterocycles. The second-order valence-electron chi connectivity index (χ2n) is 8.10. The first kappa shape index (κ1) is 17.9. The standard InChI is InChI=1S/C17H25N3O5S/c1-11(2)4-5-20-10-17-9-19(16(21)14-6-12(3)25-18-14)8-13(24-17)7-15(17)26(20,22)23/h6,11,13,15H,4-5,7-10H2,1-3H3/t13-,15+,17+/m0/s1. The Morgan fingerprint density at radius 1 is 1.42 bits per heavy atom. The summed E-state index contributed by atoms with van der Waals surface area (Å²) in [4.78, 5) is 14.4. The first-order valence-electron chi connectivity index (χ1n) is 9.11. The Morgan fingerprint density at radius 2 is 2.19 bits per heavy atom. The van der Waals surface area contributed by atoms with Crippen molar-refractivity contribution in [3.05, 3.63) is 17.5 Å². The fourth-order valence-electron chi connectivity index (χ4n) is 4.34. The number of ether oxygens (including phenoxy) is 1. The Bertz CT molecular complexity index is 820. The van der Waals surface area contributed by atoms with Gasteiger partial charge in [-0.25, -0.2) is 8.42 Å². The van der Waals surface area contributed by atoms with E-state index in [-0.39, 0.29) is 24.2 Å². The molecule has 1 spiro atoms. The Kier molecular flexibility index (Phi) is 4.16. The van der Waals surface area contributed by atoms with E-state index in [1.165, 1.54) is 0 Å². The number of carbonyl (C=O) groups is 1. The number of fused-ring (bicyclic) bond motifs is 1. The molecule has 3 atom stereocenters. The monoisotopic (exact) mass is 383 g/mol. The first-order valence-corrected chi connectivity index (χ1v) is 10.6. The number of hydrogen-bond acceptors (Lipinski definition) is 6. The zero-order valence-corrected chi connectivity index (χ0v) is 16.2.